The quantitative estimate of drug-likeness (QED) is 0.497. The lowest BCUT2D eigenvalue weighted by Crippen LogP contribution is -2.37. The highest BCUT2D eigenvalue weighted by atomic mass is 35.5. The molecule has 0 aliphatic carbocycles. The van der Waals surface area contributed by atoms with Gasteiger partial charge in [-0.05, 0) is 55.7 Å². The largest absolute Gasteiger partial charge is 0.497 e. The molecule has 2 aromatic carbocycles. The first-order valence-corrected chi connectivity index (χ1v) is 10.9. The molecule has 0 unspecified atom stereocenters. The Balaban J connectivity index is 1.45. The zero-order valence-electron chi connectivity index (χ0n) is 17.9. The summed E-state index contributed by atoms with van der Waals surface area (Å²) in [5.74, 6) is 1.41. The molecule has 0 saturated carbocycles. The van der Waals surface area contributed by atoms with Gasteiger partial charge in [0, 0.05) is 24.0 Å². The minimum Gasteiger partial charge on any atom is -0.497 e. The molecule has 8 nitrogen and oxygen atoms in total. The number of hydrogen-bond acceptors (Lipinski definition) is 5. The number of benzene rings is 2. The molecular weight excluding hydrogens is 428 g/mol. The summed E-state index contributed by atoms with van der Waals surface area (Å²) in [6, 6.07) is 9.19. The molecule has 9 heteroatoms. The highest BCUT2D eigenvalue weighted by molar-refractivity contribution is 6.32. The van der Waals surface area contributed by atoms with Crippen LogP contribution in [0.5, 0.6) is 5.75 Å². The van der Waals surface area contributed by atoms with Crippen molar-refractivity contribution >= 4 is 28.5 Å². The van der Waals surface area contributed by atoms with Gasteiger partial charge in [-0.15, -0.1) is 0 Å². The summed E-state index contributed by atoms with van der Waals surface area (Å²) in [4.78, 5) is 25.2. The first-order chi connectivity index (χ1) is 15.5. The molecule has 0 spiro atoms. The fourth-order valence-electron chi connectivity index (χ4n) is 4.36. The van der Waals surface area contributed by atoms with Crippen molar-refractivity contribution in [1.82, 2.24) is 29.9 Å². The van der Waals surface area contributed by atoms with Gasteiger partial charge in [0.2, 0.25) is 0 Å². The van der Waals surface area contributed by atoms with Crippen LogP contribution in [-0.4, -0.2) is 55.5 Å². The van der Waals surface area contributed by atoms with E-state index in [1.165, 1.54) is 4.80 Å². The number of H-pyrrole nitrogens is 1. The van der Waals surface area contributed by atoms with Crippen molar-refractivity contribution in [2.75, 3.05) is 13.7 Å². The average Bonchev–Trinajstić information content (AvgIpc) is 3.57. The number of rotatable bonds is 5. The molecule has 1 aliphatic heterocycles. The van der Waals surface area contributed by atoms with E-state index in [1.807, 2.05) is 30.0 Å². The van der Waals surface area contributed by atoms with Crippen LogP contribution >= 0.6 is 11.6 Å². The third-order valence-electron chi connectivity index (χ3n) is 6.04. The number of carbonyl (C=O) groups excluding carboxylic acids is 1. The van der Waals surface area contributed by atoms with Gasteiger partial charge in [0.1, 0.15) is 11.6 Å². The van der Waals surface area contributed by atoms with Crippen molar-refractivity contribution in [2.45, 2.75) is 32.2 Å². The lowest BCUT2D eigenvalue weighted by atomic mass is 10.1. The van der Waals surface area contributed by atoms with Crippen molar-refractivity contribution in [3.63, 3.8) is 0 Å². The molecule has 1 fully saturated rings. The van der Waals surface area contributed by atoms with Crippen molar-refractivity contribution in [3.05, 3.63) is 64.7 Å². The number of methoxy groups -OCH3 is 1. The number of fused-ring (bicyclic) bond motifs is 1. The number of carbonyl (C=O) groups is 1. The van der Waals surface area contributed by atoms with E-state index >= 15 is 0 Å². The van der Waals surface area contributed by atoms with Crippen molar-refractivity contribution in [1.29, 1.82) is 0 Å². The Morgan fingerprint density at radius 2 is 2.06 bits per heavy atom. The van der Waals surface area contributed by atoms with Crippen LogP contribution in [0.3, 0.4) is 0 Å². The van der Waals surface area contributed by atoms with Gasteiger partial charge in [-0.1, -0.05) is 11.6 Å². The van der Waals surface area contributed by atoms with Crippen molar-refractivity contribution in [3.8, 4) is 11.4 Å². The van der Waals surface area contributed by atoms with Gasteiger partial charge in [0.25, 0.3) is 5.91 Å². The van der Waals surface area contributed by atoms with Crippen LogP contribution in [0.15, 0.2) is 42.7 Å². The van der Waals surface area contributed by atoms with Crippen molar-refractivity contribution in [2.24, 2.45) is 0 Å². The molecule has 2 aromatic heterocycles. The van der Waals surface area contributed by atoms with E-state index in [4.69, 9.17) is 21.3 Å². The summed E-state index contributed by atoms with van der Waals surface area (Å²) in [7, 11) is 1.59. The van der Waals surface area contributed by atoms with E-state index in [-0.39, 0.29) is 11.9 Å². The molecule has 1 saturated heterocycles. The molecule has 1 N–H and O–H groups in total. The van der Waals surface area contributed by atoms with Gasteiger partial charge in [0.05, 0.1) is 41.8 Å². The number of hydrogen-bond donors (Lipinski definition) is 1. The summed E-state index contributed by atoms with van der Waals surface area (Å²) in [5.41, 5.74) is 3.95. The minimum atomic E-state index is -0.0611. The molecule has 3 heterocycles. The van der Waals surface area contributed by atoms with Crippen LogP contribution in [0.25, 0.3) is 16.7 Å². The third kappa shape index (κ3) is 3.60. The topological polar surface area (TPSA) is 88.9 Å². The van der Waals surface area contributed by atoms with E-state index in [9.17, 15) is 4.79 Å². The second-order valence-corrected chi connectivity index (χ2v) is 8.36. The van der Waals surface area contributed by atoms with E-state index in [1.54, 1.807) is 31.6 Å². The Morgan fingerprint density at radius 3 is 2.84 bits per heavy atom. The van der Waals surface area contributed by atoms with Crippen LogP contribution in [0.1, 0.15) is 34.6 Å². The Hall–Kier alpha value is -3.39. The second-order valence-electron chi connectivity index (χ2n) is 7.95. The first kappa shape index (κ1) is 20.5. The monoisotopic (exact) mass is 450 g/mol. The average molecular weight is 451 g/mol. The number of amides is 1. The van der Waals surface area contributed by atoms with E-state index in [0.29, 0.717) is 35.0 Å². The van der Waals surface area contributed by atoms with E-state index in [2.05, 4.69) is 15.2 Å². The molecule has 32 heavy (non-hydrogen) atoms. The van der Waals surface area contributed by atoms with Gasteiger partial charge < -0.3 is 14.6 Å². The number of aromatic nitrogens is 5. The first-order valence-electron chi connectivity index (χ1n) is 10.5. The van der Waals surface area contributed by atoms with E-state index in [0.717, 1.165) is 35.3 Å². The van der Waals surface area contributed by atoms with Gasteiger partial charge in [0.15, 0.2) is 0 Å². The van der Waals surface area contributed by atoms with Gasteiger partial charge in [-0.2, -0.15) is 15.0 Å². The second kappa shape index (κ2) is 8.27. The predicted octanol–water partition coefficient (Wildman–Crippen LogP) is 3.96. The normalized spacial score (nSPS) is 16.1. The summed E-state index contributed by atoms with van der Waals surface area (Å²) in [6.07, 6.45) is 5.69. The maximum atomic E-state index is 13.7. The fraction of sp³-hybridized carbons (Fsp3) is 0.304. The van der Waals surface area contributed by atoms with Crippen LogP contribution < -0.4 is 4.74 Å². The number of nitrogens with zero attached hydrogens (tertiary/aromatic N) is 5. The van der Waals surface area contributed by atoms with Crippen LogP contribution in [0.2, 0.25) is 5.02 Å². The molecule has 1 aliphatic rings. The smallest absolute Gasteiger partial charge is 0.256 e. The lowest BCUT2D eigenvalue weighted by molar-refractivity contribution is 0.0734. The summed E-state index contributed by atoms with van der Waals surface area (Å²) in [6.45, 7) is 2.67. The van der Waals surface area contributed by atoms with Crippen LogP contribution in [0.4, 0.5) is 0 Å². The standard InChI is InChI=1S/C23H23ClN6O2/c1-14-18(24)6-7-19-22(14)28-21(27-19)12-15-4-3-11-29(15)23(31)17-13-16(32-2)5-8-20(17)30-25-9-10-26-30/h5-10,13,15H,3-4,11-12H2,1-2H3,(H,27,28)/t15-/m1/s1. The minimum absolute atomic E-state index is 0.0449. The molecular formula is C23H23ClN6O2. The molecule has 1 amide bonds. The Kier molecular flexibility index (Phi) is 5.30. The van der Waals surface area contributed by atoms with E-state index < -0.39 is 0 Å². The summed E-state index contributed by atoms with van der Waals surface area (Å²) in [5, 5.41) is 9.12. The molecule has 4 aromatic rings. The summed E-state index contributed by atoms with van der Waals surface area (Å²) >= 11 is 6.26. The molecule has 1 atom stereocenters. The SMILES string of the molecule is COc1ccc(-n2nccn2)c(C(=O)N2CCC[C@@H]2Cc2nc3ccc(Cl)c(C)c3[nH]2)c1. The number of aromatic amines is 1. The molecule has 0 radical (unpaired) electrons. The van der Waals surface area contributed by atoms with Crippen LogP contribution in [-0.2, 0) is 6.42 Å². The highest BCUT2D eigenvalue weighted by Gasteiger charge is 2.32. The number of halogens is 1. The fourth-order valence-corrected chi connectivity index (χ4v) is 4.52. The molecule has 5 rings (SSSR count). The van der Waals surface area contributed by atoms with Crippen LogP contribution in [0, 0.1) is 6.92 Å². The Bertz CT molecular complexity index is 1280. The molecule has 0 bridgehead atoms. The van der Waals surface area contributed by atoms with Gasteiger partial charge in [-0.25, -0.2) is 4.98 Å². The predicted molar refractivity (Wildman–Crippen MR) is 122 cm³/mol. The number of ether oxygens (including phenoxy) is 1. The third-order valence-corrected chi connectivity index (χ3v) is 6.45. The van der Waals surface area contributed by atoms with Gasteiger partial charge >= 0.3 is 0 Å². The van der Waals surface area contributed by atoms with Crippen molar-refractivity contribution < 1.29 is 9.53 Å². The number of nitrogens with one attached hydrogen (secondary N) is 1. The zero-order chi connectivity index (χ0) is 22.2. The Morgan fingerprint density at radius 1 is 1.25 bits per heavy atom. The lowest BCUT2D eigenvalue weighted by Gasteiger charge is -2.25. The highest BCUT2D eigenvalue weighted by Crippen LogP contribution is 2.29. The number of likely N-dealkylation sites (tertiary alicyclic amines) is 1. The molecule has 164 valence electrons. The van der Waals surface area contributed by atoms with Gasteiger partial charge in [-0.3, -0.25) is 4.79 Å². The Labute approximate surface area is 190 Å². The maximum Gasteiger partial charge on any atom is 0.256 e. The maximum absolute atomic E-state index is 13.7. The zero-order valence-corrected chi connectivity index (χ0v) is 18.6. The number of imidazole rings is 1. The summed E-state index contributed by atoms with van der Waals surface area (Å²) < 4.78 is 5.37. The number of aryl methyl sites for hydroxylation is 1.